The van der Waals surface area contributed by atoms with Gasteiger partial charge in [0.15, 0.2) is 0 Å². The number of nitrogens with one attached hydrogen (secondary N) is 1. The summed E-state index contributed by atoms with van der Waals surface area (Å²) >= 11 is 0. The first-order chi connectivity index (χ1) is 2.50. The third-order valence-electron chi connectivity index (χ3n) is 0.406. The standard InChI is InChI=1S/C3H4N2.U/c1-2-5-3-4-1;/h1-3H,(H,4,5);. The van der Waals surface area contributed by atoms with Gasteiger partial charge in [-0.1, -0.05) is 0 Å². The van der Waals surface area contributed by atoms with Crippen LogP contribution in [-0.2, 0) is 0 Å². The molecule has 6 heavy (non-hydrogen) atoms. The Morgan fingerprint density at radius 1 is 1.50 bits per heavy atom. The monoisotopic (exact) mass is 306 g/mol. The maximum atomic E-state index is 3.67. The first-order valence-electron chi connectivity index (χ1n) is 1.43. The summed E-state index contributed by atoms with van der Waals surface area (Å²) in [5.74, 6) is 0. The van der Waals surface area contributed by atoms with Crippen LogP contribution >= 0.6 is 0 Å². The maximum absolute atomic E-state index is 3.67. The fraction of sp³-hybridized carbons (Fsp3) is 0. The predicted molar refractivity (Wildman–Crippen MR) is 18.6 cm³/mol. The number of aromatic nitrogens is 2. The molecule has 0 aliphatic heterocycles. The molecule has 0 aliphatic rings. The van der Waals surface area contributed by atoms with Crippen LogP contribution in [0.2, 0.25) is 0 Å². The van der Waals surface area contributed by atoms with Crippen molar-refractivity contribution in [2.75, 3.05) is 0 Å². The van der Waals surface area contributed by atoms with Crippen LogP contribution in [0.3, 0.4) is 0 Å². The van der Waals surface area contributed by atoms with E-state index in [4.69, 9.17) is 0 Å². The van der Waals surface area contributed by atoms with Gasteiger partial charge in [0.25, 0.3) is 0 Å². The maximum Gasteiger partial charge on any atom is 0.0919 e. The molecular formula is C3H4N2U. The van der Waals surface area contributed by atoms with Gasteiger partial charge in [0.2, 0.25) is 0 Å². The Morgan fingerprint density at radius 3 is 2.50 bits per heavy atom. The van der Waals surface area contributed by atoms with E-state index in [0.29, 0.717) is 0 Å². The van der Waals surface area contributed by atoms with Gasteiger partial charge < -0.3 is 4.98 Å². The van der Waals surface area contributed by atoms with E-state index in [1.54, 1.807) is 18.7 Å². The number of hydrogen-bond acceptors (Lipinski definition) is 1. The van der Waals surface area contributed by atoms with Crippen molar-refractivity contribution in [1.29, 1.82) is 0 Å². The van der Waals surface area contributed by atoms with Gasteiger partial charge in [-0.05, 0) is 0 Å². The van der Waals surface area contributed by atoms with E-state index in [9.17, 15) is 0 Å². The predicted octanol–water partition coefficient (Wildman–Crippen LogP) is 0.410. The molecule has 2 nitrogen and oxygen atoms in total. The van der Waals surface area contributed by atoms with Crippen LogP contribution in [-0.4, -0.2) is 9.97 Å². The molecule has 1 aromatic rings. The smallest absolute Gasteiger partial charge is 0.0919 e. The first kappa shape index (κ1) is 6.26. The molecule has 0 aliphatic carbocycles. The average Bonchev–Trinajstić information content (AvgIpc) is 1.76. The van der Waals surface area contributed by atoms with Crippen molar-refractivity contribution in [2.45, 2.75) is 0 Å². The zero-order chi connectivity index (χ0) is 3.54. The van der Waals surface area contributed by atoms with Crippen molar-refractivity contribution in [3.05, 3.63) is 18.7 Å². The van der Waals surface area contributed by atoms with Crippen LogP contribution in [0.4, 0.5) is 0 Å². The third kappa shape index (κ3) is 1.64. The zero-order valence-corrected chi connectivity index (χ0v) is 7.34. The Balaban J connectivity index is 0.000000250. The average molecular weight is 306 g/mol. The van der Waals surface area contributed by atoms with Crippen LogP contribution in [0.5, 0.6) is 0 Å². The van der Waals surface area contributed by atoms with Gasteiger partial charge in [-0.2, -0.15) is 0 Å². The van der Waals surface area contributed by atoms with Crippen molar-refractivity contribution in [3.8, 4) is 0 Å². The molecule has 0 saturated carbocycles. The molecule has 1 N–H and O–H groups in total. The van der Waals surface area contributed by atoms with Gasteiger partial charge in [-0.15, -0.1) is 0 Å². The molecule has 1 aromatic heterocycles. The molecule has 0 fully saturated rings. The summed E-state index contributed by atoms with van der Waals surface area (Å²) in [5.41, 5.74) is 0. The van der Waals surface area contributed by atoms with E-state index in [1.165, 1.54) is 0 Å². The van der Waals surface area contributed by atoms with Crippen molar-refractivity contribution in [2.24, 2.45) is 0 Å². The molecule has 0 atom stereocenters. The summed E-state index contributed by atoms with van der Waals surface area (Å²) in [6, 6.07) is 0. The normalized spacial score (nSPS) is 6.67. The van der Waals surface area contributed by atoms with Gasteiger partial charge in [0.1, 0.15) is 0 Å². The van der Waals surface area contributed by atoms with Crippen LogP contribution in [0.15, 0.2) is 18.7 Å². The van der Waals surface area contributed by atoms with Crippen LogP contribution < -0.4 is 0 Å². The van der Waals surface area contributed by atoms with Gasteiger partial charge in [-0.3, -0.25) is 0 Å². The molecule has 0 amide bonds. The van der Waals surface area contributed by atoms with Crippen LogP contribution in [0.1, 0.15) is 0 Å². The number of hydrogen-bond donors (Lipinski definition) is 1. The molecule has 0 spiro atoms. The van der Waals surface area contributed by atoms with E-state index in [-0.39, 0.29) is 31.1 Å². The second kappa shape index (κ2) is 3.45. The summed E-state index contributed by atoms with van der Waals surface area (Å²) in [4.78, 5) is 6.42. The number of nitrogens with zero attached hydrogens (tertiary/aromatic N) is 1. The molecule has 1 heterocycles. The minimum Gasteiger partial charge on any atom is -0.351 e. The first-order valence-corrected chi connectivity index (χ1v) is 1.43. The number of H-pyrrole nitrogens is 1. The van der Waals surface area contributed by atoms with Gasteiger partial charge in [0.05, 0.1) is 6.33 Å². The number of rotatable bonds is 0. The van der Waals surface area contributed by atoms with Crippen molar-refractivity contribution >= 4 is 0 Å². The molecule has 1 rings (SSSR count). The van der Waals surface area contributed by atoms with Crippen molar-refractivity contribution in [3.63, 3.8) is 0 Å². The fourth-order valence-corrected chi connectivity index (χ4v) is 0.215. The van der Waals surface area contributed by atoms with E-state index >= 15 is 0 Å². The Morgan fingerprint density at radius 2 is 2.33 bits per heavy atom. The molecule has 0 unspecified atom stereocenters. The van der Waals surface area contributed by atoms with Crippen molar-refractivity contribution < 1.29 is 31.1 Å². The zero-order valence-electron chi connectivity index (χ0n) is 3.18. The molecule has 30 valence electrons. The van der Waals surface area contributed by atoms with Gasteiger partial charge >= 0.3 is 0 Å². The van der Waals surface area contributed by atoms with E-state index in [1.807, 2.05) is 0 Å². The van der Waals surface area contributed by atoms with Crippen LogP contribution in [0.25, 0.3) is 0 Å². The topological polar surface area (TPSA) is 28.7 Å². The molecule has 3 heteroatoms. The van der Waals surface area contributed by atoms with Gasteiger partial charge in [0, 0.05) is 43.5 Å². The summed E-state index contributed by atoms with van der Waals surface area (Å²) in [5, 5.41) is 0. The molecule has 0 saturated heterocycles. The third-order valence-corrected chi connectivity index (χ3v) is 0.406. The Hall–Kier alpha value is 0.262. The minimum absolute atomic E-state index is 0. The summed E-state index contributed by atoms with van der Waals surface area (Å²) in [7, 11) is 0. The van der Waals surface area contributed by atoms with E-state index in [0.717, 1.165) is 0 Å². The second-order valence-electron chi connectivity index (χ2n) is 0.761. The van der Waals surface area contributed by atoms with Gasteiger partial charge in [-0.25, -0.2) is 4.98 Å². The molecular weight excluding hydrogens is 302 g/mol. The fourth-order valence-electron chi connectivity index (χ4n) is 0.215. The number of aromatic amines is 1. The molecule has 0 aromatic carbocycles. The Labute approximate surface area is 59.7 Å². The van der Waals surface area contributed by atoms with Crippen LogP contribution in [0, 0.1) is 31.1 Å². The van der Waals surface area contributed by atoms with Crippen molar-refractivity contribution in [1.82, 2.24) is 9.97 Å². The SMILES string of the molecule is [U].c1c[nH]cn1. The molecule has 0 radical (unpaired) electrons. The summed E-state index contributed by atoms with van der Waals surface area (Å²) in [6.07, 6.45) is 5.08. The van der Waals surface area contributed by atoms with E-state index in [2.05, 4.69) is 9.97 Å². The Bertz CT molecular complexity index is 65.3. The second-order valence-corrected chi connectivity index (χ2v) is 0.761. The minimum atomic E-state index is 0. The largest absolute Gasteiger partial charge is 0.351 e. The molecule has 0 bridgehead atoms. The van der Waals surface area contributed by atoms with E-state index < -0.39 is 0 Å². The number of imidazole rings is 1. The summed E-state index contributed by atoms with van der Waals surface area (Å²) < 4.78 is 0. The Kier molecular flexibility index (Phi) is 3.60. The quantitative estimate of drug-likeness (QED) is 0.739. The summed E-state index contributed by atoms with van der Waals surface area (Å²) in [6.45, 7) is 0.